The van der Waals surface area contributed by atoms with E-state index in [1.54, 1.807) is 37.3 Å². The first-order chi connectivity index (χ1) is 8.20. The molecule has 86 valence electrons. The Hall–Kier alpha value is -2.16. The van der Waals surface area contributed by atoms with Crippen LogP contribution in [0, 0.1) is 12.7 Å². The van der Waals surface area contributed by atoms with Gasteiger partial charge in [0.1, 0.15) is 17.3 Å². The van der Waals surface area contributed by atoms with Gasteiger partial charge in [0.05, 0.1) is 5.56 Å². The number of rotatable bonds is 3. The highest BCUT2D eigenvalue weighted by Gasteiger charge is 2.04. The van der Waals surface area contributed by atoms with E-state index in [4.69, 9.17) is 4.74 Å². The lowest BCUT2D eigenvalue weighted by Gasteiger charge is -2.08. The van der Waals surface area contributed by atoms with Crippen molar-refractivity contribution in [3.8, 4) is 11.5 Å². The molecule has 2 rings (SSSR count). The zero-order chi connectivity index (χ0) is 12.3. The molecule has 2 aromatic carbocycles. The molecule has 2 nitrogen and oxygen atoms in total. The van der Waals surface area contributed by atoms with Crippen molar-refractivity contribution in [2.45, 2.75) is 6.92 Å². The molecule has 0 unspecified atom stereocenters. The summed E-state index contributed by atoms with van der Waals surface area (Å²) in [5.41, 5.74) is 0.973. The van der Waals surface area contributed by atoms with Crippen LogP contribution in [-0.2, 0) is 0 Å². The molecule has 17 heavy (non-hydrogen) atoms. The van der Waals surface area contributed by atoms with Crippen LogP contribution in [0.15, 0.2) is 42.5 Å². The molecule has 0 aromatic heterocycles. The van der Waals surface area contributed by atoms with Gasteiger partial charge in [0, 0.05) is 0 Å². The van der Waals surface area contributed by atoms with Gasteiger partial charge in [-0.2, -0.15) is 0 Å². The topological polar surface area (TPSA) is 26.3 Å². The summed E-state index contributed by atoms with van der Waals surface area (Å²) in [5, 5.41) is 0. The Morgan fingerprint density at radius 2 is 1.94 bits per heavy atom. The van der Waals surface area contributed by atoms with E-state index >= 15 is 0 Å². The highest BCUT2D eigenvalue weighted by atomic mass is 19.1. The zero-order valence-corrected chi connectivity index (χ0v) is 9.31. The minimum absolute atomic E-state index is 0.277. The second kappa shape index (κ2) is 4.78. The van der Waals surface area contributed by atoms with Gasteiger partial charge >= 0.3 is 0 Å². The van der Waals surface area contributed by atoms with Crippen molar-refractivity contribution in [3.05, 3.63) is 59.4 Å². The van der Waals surface area contributed by atoms with Crippen LogP contribution in [-0.4, -0.2) is 6.29 Å². The van der Waals surface area contributed by atoms with Crippen LogP contribution in [0.25, 0.3) is 0 Å². The quantitative estimate of drug-likeness (QED) is 0.751. The van der Waals surface area contributed by atoms with Crippen molar-refractivity contribution in [3.63, 3.8) is 0 Å². The maximum Gasteiger partial charge on any atom is 0.153 e. The minimum Gasteiger partial charge on any atom is -0.457 e. The Morgan fingerprint density at radius 1 is 1.18 bits per heavy atom. The van der Waals surface area contributed by atoms with E-state index in [1.807, 2.05) is 0 Å². The molecule has 0 radical (unpaired) electrons. The lowest BCUT2D eigenvalue weighted by Crippen LogP contribution is -1.91. The molecule has 0 bridgehead atoms. The zero-order valence-electron chi connectivity index (χ0n) is 9.31. The van der Waals surface area contributed by atoms with Gasteiger partial charge in [-0.15, -0.1) is 0 Å². The van der Waals surface area contributed by atoms with Gasteiger partial charge in [0.25, 0.3) is 0 Å². The summed E-state index contributed by atoms with van der Waals surface area (Å²) in [4.78, 5) is 10.8. The lowest BCUT2D eigenvalue weighted by molar-refractivity contribution is 0.112. The van der Waals surface area contributed by atoms with E-state index in [1.165, 1.54) is 12.1 Å². The van der Waals surface area contributed by atoms with Gasteiger partial charge in [0.15, 0.2) is 6.29 Å². The van der Waals surface area contributed by atoms with E-state index in [0.29, 0.717) is 22.6 Å². The summed E-state index contributed by atoms with van der Waals surface area (Å²) in [6.07, 6.45) is 0.728. The van der Waals surface area contributed by atoms with E-state index < -0.39 is 0 Å². The average molecular weight is 230 g/mol. The molecule has 0 atom stereocenters. The van der Waals surface area contributed by atoms with E-state index in [2.05, 4.69) is 0 Å². The van der Waals surface area contributed by atoms with Crippen LogP contribution in [0.3, 0.4) is 0 Å². The smallest absolute Gasteiger partial charge is 0.153 e. The number of aryl methyl sites for hydroxylation is 1. The first-order valence-electron chi connectivity index (χ1n) is 5.19. The van der Waals surface area contributed by atoms with Gasteiger partial charge in [-0.05, 0) is 42.8 Å². The summed E-state index contributed by atoms with van der Waals surface area (Å²) < 4.78 is 18.6. The van der Waals surface area contributed by atoms with Crippen molar-refractivity contribution < 1.29 is 13.9 Å². The average Bonchev–Trinajstić information content (AvgIpc) is 2.34. The van der Waals surface area contributed by atoms with Crippen molar-refractivity contribution in [2.24, 2.45) is 0 Å². The lowest BCUT2D eigenvalue weighted by atomic mass is 10.2. The highest BCUT2D eigenvalue weighted by molar-refractivity contribution is 5.79. The minimum atomic E-state index is -0.277. The summed E-state index contributed by atoms with van der Waals surface area (Å²) in [6.45, 7) is 1.66. The summed E-state index contributed by atoms with van der Waals surface area (Å²) in [5.74, 6) is 0.702. The van der Waals surface area contributed by atoms with Crippen LogP contribution < -0.4 is 4.74 Å². The molecule has 2 aromatic rings. The number of hydrogen-bond donors (Lipinski definition) is 0. The van der Waals surface area contributed by atoms with Crippen LogP contribution in [0.5, 0.6) is 11.5 Å². The molecule has 0 fully saturated rings. The molecule has 0 heterocycles. The van der Waals surface area contributed by atoms with Crippen LogP contribution in [0.2, 0.25) is 0 Å². The van der Waals surface area contributed by atoms with E-state index in [0.717, 1.165) is 6.29 Å². The third kappa shape index (κ3) is 2.50. The number of aldehydes is 1. The number of hydrogen-bond acceptors (Lipinski definition) is 2. The van der Waals surface area contributed by atoms with Gasteiger partial charge < -0.3 is 4.74 Å². The Morgan fingerprint density at radius 3 is 2.65 bits per heavy atom. The Kier molecular flexibility index (Phi) is 3.19. The van der Waals surface area contributed by atoms with Crippen LogP contribution >= 0.6 is 0 Å². The Labute approximate surface area is 98.7 Å². The van der Waals surface area contributed by atoms with E-state index in [-0.39, 0.29) is 5.82 Å². The van der Waals surface area contributed by atoms with E-state index in [9.17, 15) is 9.18 Å². The normalized spacial score (nSPS) is 10.0. The molecule has 0 aliphatic heterocycles. The first kappa shape index (κ1) is 11.3. The molecule has 0 N–H and O–H groups in total. The summed E-state index contributed by atoms with van der Waals surface area (Å²) in [7, 11) is 0. The van der Waals surface area contributed by atoms with Gasteiger partial charge in [-0.3, -0.25) is 4.79 Å². The predicted molar refractivity (Wildman–Crippen MR) is 63.0 cm³/mol. The summed E-state index contributed by atoms with van der Waals surface area (Å²) in [6, 6.07) is 11.4. The predicted octanol–water partition coefficient (Wildman–Crippen LogP) is 3.74. The maximum atomic E-state index is 13.1. The van der Waals surface area contributed by atoms with Crippen LogP contribution in [0.4, 0.5) is 4.39 Å². The molecule has 0 saturated carbocycles. The number of carbonyl (C=O) groups excluding carboxylic acids is 1. The third-order valence-electron chi connectivity index (χ3n) is 2.40. The van der Waals surface area contributed by atoms with Gasteiger partial charge in [-0.1, -0.05) is 12.1 Å². The number of halogens is 1. The van der Waals surface area contributed by atoms with Gasteiger partial charge in [-0.25, -0.2) is 4.39 Å². The largest absolute Gasteiger partial charge is 0.457 e. The second-order valence-electron chi connectivity index (χ2n) is 3.67. The first-order valence-corrected chi connectivity index (χ1v) is 5.19. The van der Waals surface area contributed by atoms with Crippen molar-refractivity contribution in [1.29, 1.82) is 0 Å². The monoisotopic (exact) mass is 230 g/mol. The fourth-order valence-corrected chi connectivity index (χ4v) is 1.48. The molecular formula is C14H11FO2. The van der Waals surface area contributed by atoms with Gasteiger partial charge in [0.2, 0.25) is 0 Å². The molecule has 0 spiro atoms. The Bertz CT molecular complexity index is 550. The van der Waals surface area contributed by atoms with Crippen molar-refractivity contribution in [2.75, 3.05) is 0 Å². The third-order valence-corrected chi connectivity index (χ3v) is 2.40. The highest BCUT2D eigenvalue weighted by Crippen LogP contribution is 2.25. The molecule has 0 aliphatic rings. The number of carbonyl (C=O) groups is 1. The summed E-state index contributed by atoms with van der Waals surface area (Å²) >= 11 is 0. The fourth-order valence-electron chi connectivity index (χ4n) is 1.48. The molecule has 0 aliphatic carbocycles. The maximum absolute atomic E-state index is 13.1. The van der Waals surface area contributed by atoms with Crippen molar-refractivity contribution >= 4 is 6.29 Å². The molecule has 0 saturated heterocycles. The van der Waals surface area contributed by atoms with Crippen molar-refractivity contribution in [1.82, 2.24) is 0 Å². The number of benzene rings is 2. The molecule has 3 heteroatoms. The molecular weight excluding hydrogens is 219 g/mol. The standard InChI is InChI=1S/C14H11FO2/c1-10-8-12(6-7-13(10)15)17-14-5-3-2-4-11(14)9-16/h2-9H,1H3. The second-order valence-corrected chi connectivity index (χ2v) is 3.67. The van der Waals surface area contributed by atoms with Crippen LogP contribution in [0.1, 0.15) is 15.9 Å². The SMILES string of the molecule is Cc1cc(Oc2ccccc2C=O)ccc1F. The molecule has 0 amide bonds. The fraction of sp³-hybridized carbons (Fsp3) is 0.0714. The number of ether oxygens (including phenoxy) is 1. The number of para-hydroxylation sites is 1. The Balaban J connectivity index is 2.31.